The van der Waals surface area contributed by atoms with E-state index < -0.39 is 17.7 Å². The lowest BCUT2D eigenvalue weighted by atomic mass is 10.1. The molecular weight excluding hydrogens is 326 g/mol. The molecule has 1 aromatic heterocycles. The minimum atomic E-state index is -1.08. The van der Waals surface area contributed by atoms with Crippen LogP contribution in [-0.2, 0) is 36.0 Å². The Kier molecular flexibility index (Phi) is 4.56. The molecule has 2 heterocycles. The smallest absolute Gasteiger partial charge is 0.335 e. The molecular formula is C17H19N3O5. The maximum Gasteiger partial charge on any atom is 0.335 e. The van der Waals surface area contributed by atoms with E-state index in [-0.39, 0.29) is 18.6 Å². The lowest BCUT2D eigenvalue weighted by Gasteiger charge is -2.20. The van der Waals surface area contributed by atoms with Crippen LogP contribution in [0, 0.1) is 0 Å². The Labute approximate surface area is 143 Å². The summed E-state index contributed by atoms with van der Waals surface area (Å²) in [4.78, 5) is 36.2. The van der Waals surface area contributed by atoms with Crippen molar-refractivity contribution in [1.82, 2.24) is 9.13 Å². The van der Waals surface area contributed by atoms with Crippen molar-refractivity contribution in [2.24, 2.45) is 12.8 Å². The fourth-order valence-corrected chi connectivity index (χ4v) is 2.94. The number of nitrogens with zero attached hydrogens (tertiary/aromatic N) is 2. The van der Waals surface area contributed by atoms with Gasteiger partial charge in [-0.1, -0.05) is 12.1 Å². The number of rotatable bonds is 4. The Hall–Kier alpha value is -2.71. The Morgan fingerprint density at radius 1 is 1.32 bits per heavy atom. The number of nitrogens with two attached hydrogens (primary N) is 1. The standard InChI is InChI=1S/C17H19N3O5/c1-19-14-9-25-7-6-12(14)15(21)20(17(19)24)11-4-2-10(3-5-11)8-13(18)16(22)23/h2-5,13H,6-9,18H2,1H3,(H,22,23). The van der Waals surface area contributed by atoms with Gasteiger partial charge in [0.15, 0.2) is 0 Å². The van der Waals surface area contributed by atoms with Gasteiger partial charge in [-0.15, -0.1) is 0 Å². The number of hydrogen-bond donors (Lipinski definition) is 2. The van der Waals surface area contributed by atoms with Gasteiger partial charge in [0.1, 0.15) is 6.04 Å². The Balaban J connectivity index is 2.03. The summed E-state index contributed by atoms with van der Waals surface area (Å²) >= 11 is 0. The van der Waals surface area contributed by atoms with E-state index >= 15 is 0 Å². The zero-order valence-corrected chi connectivity index (χ0v) is 13.8. The van der Waals surface area contributed by atoms with Crippen LogP contribution in [0.25, 0.3) is 5.69 Å². The Morgan fingerprint density at radius 3 is 2.64 bits per heavy atom. The zero-order chi connectivity index (χ0) is 18.1. The van der Waals surface area contributed by atoms with Crippen molar-refractivity contribution in [3.05, 3.63) is 61.9 Å². The van der Waals surface area contributed by atoms with Crippen molar-refractivity contribution < 1.29 is 14.6 Å². The third-order valence-electron chi connectivity index (χ3n) is 4.40. The molecule has 0 spiro atoms. The largest absolute Gasteiger partial charge is 0.480 e. The third kappa shape index (κ3) is 3.13. The molecule has 0 saturated carbocycles. The maximum absolute atomic E-state index is 12.7. The molecule has 25 heavy (non-hydrogen) atoms. The van der Waals surface area contributed by atoms with Gasteiger partial charge in [0.25, 0.3) is 5.56 Å². The lowest BCUT2D eigenvalue weighted by molar-refractivity contribution is -0.138. The molecule has 0 bridgehead atoms. The van der Waals surface area contributed by atoms with Crippen molar-refractivity contribution in [2.75, 3.05) is 6.61 Å². The van der Waals surface area contributed by atoms with Crippen LogP contribution in [0.15, 0.2) is 33.9 Å². The number of carboxylic acid groups (broad SMARTS) is 1. The topological polar surface area (TPSA) is 117 Å². The highest BCUT2D eigenvalue weighted by Gasteiger charge is 2.21. The molecule has 1 atom stereocenters. The van der Waals surface area contributed by atoms with E-state index in [1.807, 2.05) is 0 Å². The molecule has 0 aliphatic carbocycles. The molecule has 8 nitrogen and oxygen atoms in total. The van der Waals surface area contributed by atoms with Gasteiger partial charge in [0.05, 0.1) is 24.6 Å². The summed E-state index contributed by atoms with van der Waals surface area (Å²) < 4.78 is 7.90. The van der Waals surface area contributed by atoms with Gasteiger partial charge in [-0.25, -0.2) is 9.36 Å². The summed E-state index contributed by atoms with van der Waals surface area (Å²) in [7, 11) is 1.62. The first-order chi connectivity index (χ1) is 11.9. The first kappa shape index (κ1) is 17.1. The molecule has 8 heteroatoms. The van der Waals surface area contributed by atoms with Gasteiger partial charge < -0.3 is 15.6 Å². The lowest BCUT2D eigenvalue weighted by Crippen LogP contribution is -2.43. The molecule has 0 saturated heterocycles. The number of fused-ring (bicyclic) bond motifs is 1. The van der Waals surface area contributed by atoms with E-state index in [1.54, 1.807) is 31.3 Å². The van der Waals surface area contributed by atoms with Crippen LogP contribution >= 0.6 is 0 Å². The van der Waals surface area contributed by atoms with Crippen molar-refractivity contribution in [3.8, 4) is 5.69 Å². The summed E-state index contributed by atoms with van der Waals surface area (Å²) in [6, 6.07) is 5.60. The summed E-state index contributed by atoms with van der Waals surface area (Å²) in [5, 5.41) is 8.87. The second-order valence-corrected chi connectivity index (χ2v) is 6.03. The monoisotopic (exact) mass is 345 g/mol. The summed E-state index contributed by atoms with van der Waals surface area (Å²) in [5.41, 5.74) is 7.10. The van der Waals surface area contributed by atoms with Crippen LogP contribution in [0.5, 0.6) is 0 Å². The molecule has 0 fully saturated rings. The highest BCUT2D eigenvalue weighted by Crippen LogP contribution is 2.13. The van der Waals surface area contributed by atoms with Crippen LogP contribution < -0.4 is 17.0 Å². The average molecular weight is 345 g/mol. The van der Waals surface area contributed by atoms with Crippen LogP contribution in [0.2, 0.25) is 0 Å². The number of carbonyl (C=O) groups is 1. The van der Waals surface area contributed by atoms with Crippen molar-refractivity contribution in [1.29, 1.82) is 0 Å². The fourth-order valence-electron chi connectivity index (χ4n) is 2.94. The van der Waals surface area contributed by atoms with Gasteiger partial charge in [0, 0.05) is 19.0 Å². The highest BCUT2D eigenvalue weighted by molar-refractivity contribution is 5.73. The quantitative estimate of drug-likeness (QED) is 0.776. The Bertz CT molecular complexity index is 927. The normalized spacial score (nSPS) is 14.8. The zero-order valence-electron chi connectivity index (χ0n) is 13.8. The summed E-state index contributed by atoms with van der Waals surface area (Å²) in [5.74, 6) is -1.08. The molecule has 1 unspecified atom stereocenters. The first-order valence-electron chi connectivity index (χ1n) is 7.89. The van der Waals surface area contributed by atoms with Crippen LogP contribution in [0.4, 0.5) is 0 Å². The number of hydrogen-bond acceptors (Lipinski definition) is 5. The molecule has 0 amide bonds. The van der Waals surface area contributed by atoms with Crippen molar-refractivity contribution in [2.45, 2.75) is 25.5 Å². The van der Waals surface area contributed by atoms with Crippen LogP contribution in [-0.4, -0.2) is 32.9 Å². The van der Waals surface area contributed by atoms with E-state index in [0.29, 0.717) is 30.0 Å². The number of aliphatic carboxylic acids is 1. The van der Waals surface area contributed by atoms with Gasteiger partial charge >= 0.3 is 11.7 Å². The molecule has 132 valence electrons. The van der Waals surface area contributed by atoms with E-state index in [4.69, 9.17) is 15.6 Å². The van der Waals surface area contributed by atoms with Crippen LogP contribution in [0.1, 0.15) is 16.8 Å². The van der Waals surface area contributed by atoms with E-state index in [0.717, 1.165) is 10.1 Å². The predicted octanol–water partition coefficient (Wildman–Crippen LogP) is -0.437. The summed E-state index contributed by atoms with van der Waals surface area (Å²) in [6.07, 6.45) is 0.637. The van der Waals surface area contributed by atoms with Gasteiger partial charge in [-0.05, 0) is 24.1 Å². The highest BCUT2D eigenvalue weighted by atomic mass is 16.5. The molecule has 1 aliphatic heterocycles. The van der Waals surface area contributed by atoms with E-state index in [2.05, 4.69) is 0 Å². The van der Waals surface area contributed by atoms with Gasteiger partial charge in [0.2, 0.25) is 0 Å². The van der Waals surface area contributed by atoms with Crippen molar-refractivity contribution >= 4 is 5.97 Å². The van der Waals surface area contributed by atoms with Gasteiger partial charge in [-0.3, -0.25) is 14.2 Å². The maximum atomic E-state index is 12.7. The summed E-state index contributed by atoms with van der Waals surface area (Å²) in [6.45, 7) is 0.704. The first-order valence-corrected chi connectivity index (χ1v) is 7.89. The molecule has 1 aliphatic rings. The SMILES string of the molecule is Cn1c2c(c(=O)n(-c3ccc(CC(N)C(=O)O)cc3)c1=O)CCOC2. The number of carboxylic acids is 1. The molecule has 3 rings (SSSR count). The molecule has 2 aromatic rings. The number of aromatic nitrogens is 2. The third-order valence-corrected chi connectivity index (χ3v) is 4.40. The number of benzene rings is 1. The Morgan fingerprint density at radius 2 is 2.00 bits per heavy atom. The minimum absolute atomic E-state index is 0.171. The second kappa shape index (κ2) is 6.66. The van der Waals surface area contributed by atoms with Gasteiger partial charge in [-0.2, -0.15) is 0 Å². The van der Waals surface area contributed by atoms with E-state index in [1.165, 1.54) is 4.57 Å². The number of ether oxygens (including phenoxy) is 1. The van der Waals surface area contributed by atoms with Crippen molar-refractivity contribution in [3.63, 3.8) is 0 Å². The van der Waals surface area contributed by atoms with E-state index in [9.17, 15) is 14.4 Å². The molecule has 1 aromatic carbocycles. The van der Waals surface area contributed by atoms with Crippen LogP contribution in [0.3, 0.4) is 0 Å². The second-order valence-electron chi connectivity index (χ2n) is 6.03. The molecule has 0 radical (unpaired) electrons. The average Bonchev–Trinajstić information content (AvgIpc) is 2.61. The predicted molar refractivity (Wildman–Crippen MR) is 90.0 cm³/mol. The molecule has 3 N–H and O–H groups in total. The minimum Gasteiger partial charge on any atom is -0.480 e. The fraction of sp³-hybridized carbons (Fsp3) is 0.353.